The van der Waals surface area contributed by atoms with Gasteiger partial charge in [0.15, 0.2) is 0 Å². The Morgan fingerprint density at radius 3 is 1.54 bits per heavy atom. The van der Waals surface area contributed by atoms with Crippen molar-refractivity contribution in [3.8, 4) is 0 Å². The van der Waals surface area contributed by atoms with Crippen molar-refractivity contribution in [1.29, 1.82) is 0 Å². The van der Waals surface area contributed by atoms with Crippen LogP contribution in [0.25, 0.3) is 0 Å². The van der Waals surface area contributed by atoms with Crippen molar-refractivity contribution in [2.45, 2.75) is 41.5 Å². The Morgan fingerprint density at radius 2 is 1.31 bits per heavy atom. The summed E-state index contributed by atoms with van der Waals surface area (Å²) in [5.41, 5.74) is 0. The molecule has 0 saturated heterocycles. The van der Waals surface area contributed by atoms with E-state index < -0.39 is 0 Å². The van der Waals surface area contributed by atoms with Gasteiger partial charge in [0.2, 0.25) is 0 Å². The van der Waals surface area contributed by atoms with Crippen LogP contribution < -0.4 is 0 Å². The fourth-order valence-electron chi connectivity index (χ4n) is 0.760. The lowest BCUT2D eigenvalue weighted by Crippen LogP contribution is -2.26. The average molecular weight is 191 g/mol. The molecule has 84 valence electrons. The molecule has 0 saturated carbocycles. The molecular formula is C11H29NO. The molecule has 2 nitrogen and oxygen atoms in total. The molecule has 0 aromatic rings. The minimum atomic E-state index is 0.849. The third-order valence-corrected chi connectivity index (χ3v) is 1.51. The van der Waals surface area contributed by atoms with Gasteiger partial charge in [0.05, 0.1) is 6.61 Å². The maximum absolute atomic E-state index is 4.93. The minimum absolute atomic E-state index is 0.849. The largest absolute Gasteiger partial charge is 0.383 e. The van der Waals surface area contributed by atoms with Gasteiger partial charge in [0.1, 0.15) is 0 Å². The standard InChI is InChI=1S/C7H17NO.2C2H6/c1-4-8(5-2)6-7-9-3;2*1-2/h4-7H2,1-3H3;2*1-2H3. The number of likely N-dealkylation sites (N-methyl/N-ethyl adjacent to an activating group) is 1. The second kappa shape index (κ2) is 22.7. The summed E-state index contributed by atoms with van der Waals surface area (Å²) in [5.74, 6) is 0. The molecule has 0 spiro atoms. The Hall–Kier alpha value is -0.0800. The predicted octanol–water partition coefficient (Wildman–Crippen LogP) is 3.03. The van der Waals surface area contributed by atoms with E-state index in [2.05, 4.69) is 18.7 Å². The lowest BCUT2D eigenvalue weighted by atomic mass is 10.5. The second-order valence-electron chi connectivity index (χ2n) is 2.02. The highest BCUT2D eigenvalue weighted by Crippen LogP contribution is 1.84. The number of methoxy groups -OCH3 is 1. The van der Waals surface area contributed by atoms with Gasteiger partial charge >= 0.3 is 0 Å². The molecule has 0 amide bonds. The Labute approximate surface area is 85.3 Å². The molecule has 0 radical (unpaired) electrons. The molecule has 0 N–H and O–H groups in total. The van der Waals surface area contributed by atoms with Crippen LogP contribution in [0.5, 0.6) is 0 Å². The molecule has 0 atom stereocenters. The van der Waals surface area contributed by atoms with Gasteiger partial charge in [0.25, 0.3) is 0 Å². The first-order valence-electron chi connectivity index (χ1n) is 5.56. The molecule has 0 aliphatic heterocycles. The second-order valence-corrected chi connectivity index (χ2v) is 2.02. The molecule has 0 aromatic carbocycles. The molecule has 0 rings (SSSR count). The molecule has 2 heteroatoms. The summed E-state index contributed by atoms with van der Waals surface area (Å²) in [6.07, 6.45) is 0. The Morgan fingerprint density at radius 1 is 0.923 bits per heavy atom. The van der Waals surface area contributed by atoms with Crippen LogP contribution in [-0.2, 0) is 4.74 Å². The summed E-state index contributed by atoms with van der Waals surface area (Å²) >= 11 is 0. The zero-order chi connectivity index (χ0) is 11.1. The van der Waals surface area contributed by atoms with Crippen molar-refractivity contribution in [2.75, 3.05) is 33.4 Å². The summed E-state index contributed by atoms with van der Waals surface area (Å²) in [6.45, 7) is 16.5. The maximum atomic E-state index is 4.93. The van der Waals surface area contributed by atoms with Crippen LogP contribution in [0.1, 0.15) is 41.5 Å². The summed E-state index contributed by atoms with van der Waals surface area (Å²) < 4.78 is 4.93. The molecule has 13 heavy (non-hydrogen) atoms. The van der Waals surface area contributed by atoms with E-state index in [-0.39, 0.29) is 0 Å². The van der Waals surface area contributed by atoms with E-state index in [1.54, 1.807) is 7.11 Å². The quantitative estimate of drug-likeness (QED) is 0.662. The van der Waals surface area contributed by atoms with E-state index in [0.29, 0.717) is 0 Å². The number of rotatable bonds is 5. The predicted molar refractivity (Wildman–Crippen MR) is 62.4 cm³/mol. The van der Waals surface area contributed by atoms with Gasteiger partial charge < -0.3 is 9.64 Å². The van der Waals surface area contributed by atoms with Gasteiger partial charge in [0, 0.05) is 13.7 Å². The third kappa shape index (κ3) is 18.7. The molecule has 0 aromatic heterocycles. The normalized spacial score (nSPS) is 8.31. The van der Waals surface area contributed by atoms with E-state index in [4.69, 9.17) is 4.74 Å². The van der Waals surface area contributed by atoms with E-state index >= 15 is 0 Å². The zero-order valence-electron chi connectivity index (χ0n) is 10.7. The van der Waals surface area contributed by atoms with Crippen molar-refractivity contribution in [3.05, 3.63) is 0 Å². The van der Waals surface area contributed by atoms with Gasteiger partial charge in [-0.3, -0.25) is 0 Å². The van der Waals surface area contributed by atoms with Crippen LogP contribution in [0.15, 0.2) is 0 Å². The van der Waals surface area contributed by atoms with Crippen LogP contribution in [0, 0.1) is 0 Å². The van der Waals surface area contributed by atoms with Crippen LogP contribution in [0.4, 0.5) is 0 Å². The topological polar surface area (TPSA) is 12.5 Å². The van der Waals surface area contributed by atoms with Gasteiger partial charge in [-0.25, -0.2) is 0 Å². The van der Waals surface area contributed by atoms with Crippen molar-refractivity contribution in [2.24, 2.45) is 0 Å². The number of nitrogens with zero attached hydrogens (tertiary/aromatic N) is 1. The lowest BCUT2D eigenvalue weighted by Gasteiger charge is -2.16. The molecule has 0 aliphatic rings. The van der Waals surface area contributed by atoms with Gasteiger partial charge in [-0.05, 0) is 13.1 Å². The van der Waals surface area contributed by atoms with E-state index in [9.17, 15) is 0 Å². The van der Waals surface area contributed by atoms with Crippen LogP contribution in [0.3, 0.4) is 0 Å². The van der Waals surface area contributed by atoms with Crippen LogP contribution in [-0.4, -0.2) is 38.3 Å². The molecule has 0 heterocycles. The molecule has 0 aliphatic carbocycles. The highest BCUT2D eigenvalue weighted by Gasteiger charge is 1.95. The summed E-state index contributed by atoms with van der Waals surface area (Å²) in [7, 11) is 1.74. The monoisotopic (exact) mass is 191 g/mol. The van der Waals surface area contributed by atoms with Crippen LogP contribution >= 0.6 is 0 Å². The fourth-order valence-corrected chi connectivity index (χ4v) is 0.760. The van der Waals surface area contributed by atoms with Crippen LogP contribution in [0.2, 0.25) is 0 Å². The molecule has 0 bridgehead atoms. The number of ether oxygens (including phenoxy) is 1. The number of hydrogen-bond donors (Lipinski definition) is 0. The van der Waals surface area contributed by atoms with E-state index in [1.165, 1.54) is 0 Å². The molecular weight excluding hydrogens is 162 g/mol. The first-order valence-corrected chi connectivity index (χ1v) is 5.56. The first kappa shape index (κ1) is 18.7. The summed E-state index contributed by atoms with van der Waals surface area (Å²) in [4.78, 5) is 2.34. The highest BCUT2D eigenvalue weighted by atomic mass is 16.5. The molecule has 0 unspecified atom stereocenters. The van der Waals surface area contributed by atoms with Crippen molar-refractivity contribution in [1.82, 2.24) is 4.90 Å². The first-order chi connectivity index (χ1) is 6.35. The smallest absolute Gasteiger partial charge is 0.0589 e. The number of hydrogen-bond acceptors (Lipinski definition) is 2. The minimum Gasteiger partial charge on any atom is -0.383 e. The van der Waals surface area contributed by atoms with Gasteiger partial charge in [-0.1, -0.05) is 41.5 Å². The van der Waals surface area contributed by atoms with Gasteiger partial charge in [-0.2, -0.15) is 0 Å². The maximum Gasteiger partial charge on any atom is 0.0589 e. The SMILES string of the molecule is CC.CC.CCN(CC)CCOC. The Balaban J connectivity index is -0.000000218. The van der Waals surface area contributed by atoms with Gasteiger partial charge in [-0.15, -0.1) is 0 Å². The van der Waals surface area contributed by atoms with E-state index in [1.807, 2.05) is 27.7 Å². The fraction of sp³-hybridized carbons (Fsp3) is 1.00. The summed E-state index contributed by atoms with van der Waals surface area (Å²) in [5, 5.41) is 0. The van der Waals surface area contributed by atoms with Crippen molar-refractivity contribution < 1.29 is 4.74 Å². The van der Waals surface area contributed by atoms with Crippen molar-refractivity contribution in [3.63, 3.8) is 0 Å². The lowest BCUT2D eigenvalue weighted by molar-refractivity contribution is 0.154. The highest BCUT2D eigenvalue weighted by molar-refractivity contribution is 4.48. The Bertz CT molecular complexity index is 54.1. The summed E-state index contributed by atoms with van der Waals surface area (Å²) in [6, 6.07) is 0. The Kier molecular flexibility index (Phi) is 32.5. The molecule has 0 fully saturated rings. The van der Waals surface area contributed by atoms with E-state index in [0.717, 1.165) is 26.2 Å². The average Bonchev–Trinajstić information content (AvgIpc) is 2.25. The van der Waals surface area contributed by atoms with Crippen molar-refractivity contribution >= 4 is 0 Å². The third-order valence-electron chi connectivity index (χ3n) is 1.51. The zero-order valence-corrected chi connectivity index (χ0v) is 10.7.